The van der Waals surface area contributed by atoms with Crippen molar-refractivity contribution in [3.8, 4) is 0 Å². The van der Waals surface area contributed by atoms with Crippen molar-refractivity contribution in [2.24, 2.45) is 5.73 Å². The largest absolute Gasteiger partial charge is 0.366 e. The second-order valence-corrected chi connectivity index (χ2v) is 5.33. The number of nitrogens with one attached hydrogen (secondary N) is 1. The monoisotopic (exact) mass is 282 g/mol. The fourth-order valence-electron chi connectivity index (χ4n) is 2.33. The maximum atomic E-state index is 11.4. The third-order valence-corrected chi connectivity index (χ3v) is 3.63. The molecule has 3 nitrogen and oxygen atoms in total. The van der Waals surface area contributed by atoms with Gasteiger partial charge < -0.3 is 11.1 Å². The van der Waals surface area contributed by atoms with Crippen molar-refractivity contribution in [2.45, 2.75) is 32.4 Å². The molecule has 0 fully saturated rings. The van der Waals surface area contributed by atoms with Gasteiger partial charge in [0, 0.05) is 18.2 Å². The number of nitrogens with two attached hydrogens (primary N) is 1. The number of carbonyl (C=O) groups is 1. The molecule has 1 unspecified atom stereocenters. The van der Waals surface area contributed by atoms with Crippen LogP contribution in [0.25, 0.3) is 0 Å². The Balaban J connectivity index is 1.84. The Bertz CT molecular complexity index is 581. The van der Waals surface area contributed by atoms with E-state index in [1.807, 2.05) is 24.3 Å². The quantitative estimate of drug-likeness (QED) is 0.820. The molecule has 0 saturated heterocycles. The van der Waals surface area contributed by atoms with Crippen LogP contribution >= 0.6 is 0 Å². The van der Waals surface area contributed by atoms with Crippen LogP contribution < -0.4 is 11.1 Å². The molecule has 0 aliphatic heterocycles. The van der Waals surface area contributed by atoms with Crippen LogP contribution in [0.5, 0.6) is 0 Å². The summed E-state index contributed by atoms with van der Waals surface area (Å²) in [6.45, 7) is 2.82. The Hall–Kier alpha value is -2.13. The maximum absolute atomic E-state index is 11.4. The number of benzene rings is 2. The fraction of sp³-hybridized carbons (Fsp3) is 0.278. The number of aryl methyl sites for hydroxylation is 1. The van der Waals surface area contributed by atoms with Crippen LogP contribution in [0.15, 0.2) is 54.6 Å². The zero-order valence-electron chi connectivity index (χ0n) is 12.4. The van der Waals surface area contributed by atoms with Gasteiger partial charge in [-0.3, -0.25) is 4.79 Å². The van der Waals surface area contributed by atoms with Gasteiger partial charge in [-0.2, -0.15) is 0 Å². The van der Waals surface area contributed by atoms with E-state index in [0.717, 1.165) is 18.4 Å². The first-order valence-electron chi connectivity index (χ1n) is 7.32. The van der Waals surface area contributed by atoms with Crippen molar-refractivity contribution in [2.75, 3.05) is 0 Å². The van der Waals surface area contributed by atoms with Gasteiger partial charge >= 0.3 is 0 Å². The highest BCUT2D eigenvalue weighted by atomic mass is 16.1. The molecule has 0 saturated carbocycles. The maximum Gasteiger partial charge on any atom is 0.249 e. The molecule has 3 N–H and O–H groups in total. The summed E-state index contributed by atoms with van der Waals surface area (Å²) in [5.41, 5.74) is 8.29. The predicted octanol–water partition coefficient (Wildman–Crippen LogP) is 2.90. The van der Waals surface area contributed by atoms with Gasteiger partial charge in [0.05, 0.1) is 0 Å². The van der Waals surface area contributed by atoms with E-state index < -0.39 is 0 Å². The van der Waals surface area contributed by atoms with Crippen molar-refractivity contribution in [3.05, 3.63) is 71.3 Å². The Labute approximate surface area is 126 Å². The molecule has 0 heterocycles. The van der Waals surface area contributed by atoms with Crippen molar-refractivity contribution in [1.82, 2.24) is 5.32 Å². The van der Waals surface area contributed by atoms with Gasteiger partial charge in [-0.05, 0) is 37.0 Å². The SMILES string of the molecule is CC(CCc1ccccc1)NCc1ccccc1C(N)=O. The number of primary amides is 1. The highest BCUT2D eigenvalue weighted by Crippen LogP contribution is 2.09. The molecule has 21 heavy (non-hydrogen) atoms. The lowest BCUT2D eigenvalue weighted by molar-refractivity contribution is 0.0999. The number of carbonyl (C=O) groups excluding carboxylic acids is 1. The molecular weight excluding hydrogens is 260 g/mol. The molecule has 1 atom stereocenters. The summed E-state index contributed by atoms with van der Waals surface area (Å²) in [4.78, 5) is 11.4. The number of hydrogen-bond donors (Lipinski definition) is 2. The molecule has 0 aliphatic rings. The van der Waals surface area contributed by atoms with E-state index in [4.69, 9.17) is 5.73 Å². The smallest absolute Gasteiger partial charge is 0.249 e. The summed E-state index contributed by atoms with van der Waals surface area (Å²) in [6.07, 6.45) is 2.11. The van der Waals surface area contributed by atoms with Crippen LogP contribution in [0.4, 0.5) is 0 Å². The van der Waals surface area contributed by atoms with E-state index in [2.05, 4.69) is 36.5 Å². The van der Waals surface area contributed by atoms with Crippen LogP contribution in [0.2, 0.25) is 0 Å². The molecule has 0 aliphatic carbocycles. The van der Waals surface area contributed by atoms with Crippen LogP contribution in [0.3, 0.4) is 0 Å². The molecule has 110 valence electrons. The van der Waals surface area contributed by atoms with E-state index in [1.54, 1.807) is 6.07 Å². The number of rotatable bonds is 7. The van der Waals surface area contributed by atoms with Gasteiger partial charge in [-0.25, -0.2) is 0 Å². The van der Waals surface area contributed by atoms with Crippen LogP contribution in [-0.2, 0) is 13.0 Å². The van der Waals surface area contributed by atoms with Crippen LogP contribution in [0.1, 0.15) is 34.8 Å². The summed E-state index contributed by atoms with van der Waals surface area (Å²) < 4.78 is 0. The van der Waals surface area contributed by atoms with Gasteiger partial charge in [0.1, 0.15) is 0 Å². The van der Waals surface area contributed by atoms with Crippen LogP contribution in [-0.4, -0.2) is 11.9 Å². The Kier molecular flexibility index (Phi) is 5.52. The van der Waals surface area contributed by atoms with E-state index in [9.17, 15) is 4.79 Å². The first kappa shape index (κ1) is 15.3. The standard InChI is InChI=1S/C18H22N2O/c1-14(11-12-15-7-3-2-4-8-15)20-13-16-9-5-6-10-17(16)18(19)21/h2-10,14,20H,11-13H2,1H3,(H2,19,21). The van der Waals surface area contributed by atoms with Gasteiger partial charge in [0.15, 0.2) is 0 Å². The lowest BCUT2D eigenvalue weighted by atomic mass is 10.0. The van der Waals surface area contributed by atoms with Gasteiger partial charge in [0.25, 0.3) is 0 Å². The van der Waals surface area contributed by atoms with Crippen molar-refractivity contribution >= 4 is 5.91 Å². The predicted molar refractivity (Wildman–Crippen MR) is 86.0 cm³/mol. The molecule has 2 aromatic rings. The molecule has 1 amide bonds. The number of amides is 1. The summed E-state index contributed by atoms with van der Waals surface area (Å²) in [5.74, 6) is -0.371. The molecular formula is C18H22N2O. The second kappa shape index (κ2) is 7.60. The van der Waals surface area contributed by atoms with Gasteiger partial charge in [0.2, 0.25) is 5.91 Å². The fourth-order valence-corrected chi connectivity index (χ4v) is 2.33. The first-order chi connectivity index (χ1) is 10.2. The lowest BCUT2D eigenvalue weighted by Crippen LogP contribution is -2.27. The Morgan fingerprint density at radius 2 is 1.76 bits per heavy atom. The highest BCUT2D eigenvalue weighted by Gasteiger charge is 2.08. The third kappa shape index (κ3) is 4.72. The average Bonchev–Trinajstić information content (AvgIpc) is 2.52. The number of hydrogen-bond acceptors (Lipinski definition) is 2. The molecule has 0 radical (unpaired) electrons. The molecule has 2 aromatic carbocycles. The lowest BCUT2D eigenvalue weighted by Gasteiger charge is -2.15. The molecule has 2 rings (SSSR count). The van der Waals surface area contributed by atoms with Crippen molar-refractivity contribution < 1.29 is 4.79 Å². The van der Waals surface area contributed by atoms with E-state index >= 15 is 0 Å². The second-order valence-electron chi connectivity index (χ2n) is 5.33. The molecule has 0 bridgehead atoms. The van der Waals surface area contributed by atoms with Gasteiger partial charge in [-0.15, -0.1) is 0 Å². The van der Waals surface area contributed by atoms with Crippen LogP contribution in [0, 0.1) is 0 Å². The zero-order chi connectivity index (χ0) is 15.1. The van der Waals surface area contributed by atoms with E-state index in [0.29, 0.717) is 18.2 Å². The zero-order valence-corrected chi connectivity index (χ0v) is 12.4. The van der Waals surface area contributed by atoms with Gasteiger partial charge in [-0.1, -0.05) is 48.5 Å². The van der Waals surface area contributed by atoms with E-state index in [1.165, 1.54) is 5.56 Å². The molecule has 3 heteroatoms. The summed E-state index contributed by atoms with van der Waals surface area (Å²) in [7, 11) is 0. The topological polar surface area (TPSA) is 55.1 Å². The summed E-state index contributed by atoms with van der Waals surface area (Å²) in [6, 6.07) is 18.3. The highest BCUT2D eigenvalue weighted by molar-refractivity contribution is 5.94. The summed E-state index contributed by atoms with van der Waals surface area (Å²) in [5, 5.41) is 3.46. The Morgan fingerprint density at radius 1 is 1.10 bits per heavy atom. The summed E-state index contributed by atoms with van der Waals surface area (Å²) >= 11 is 0. The first-order valence-corrected chi connectivity index (χ1v) is 7.32. The minimum absolute atomic E-state index is 0.371. The Morgan fingerprint density at radius 3 is 2.48 bits per heavy atom. The van der Waals surface area contributed by atoms with E-state index in [-0.39, 0.29) is 5.91 Å². The van der Waals surface area contributed by atoms with Crippen molar-refractivity contribution in [1.29, 1.82) is 0 Å². The normalized spacial score (nSPS) is 12.0. The molecule has 0 aromatic heterocycles. The van der Waals surface area contributed by atoms with Crippen molar-refractivity contribution in [3.63, 3.8) is 0 Å². The molecule has 0 spiro atoms. The third-order valence-electron chi connectivity index (χ3n) is 3.63. The minimum atomic E-state index is -0.371. The minimum Gasteiger partial charge on any atom is -0.366 e. The average molecular weight is 282 g/mol.